The van der Waals surface area contributed by atoms with Gasteiger partial charge in [0.05, 0.1) is 5.41 Å². The van der Waals surface area contributed by atoms with E-state index in [1.807, 2.05) is 33.0 Å². The van der Waals surface area contributed by atoms with E-state index >= 15 is 0 Å². The van der Waals surface area contributed by atoms with Crippen molar-refractivity contribution in [1.82, 2.24) is 14.4 Å². The van der Waals surface area contributed by atoms with Gasteiger partial charge >= 0.3 is 0 Å². The van der Waals surface area contributed by atoms with Gasteiger partial charge in [0.25, 0.3) is 5.91 Å². The van der Waals surface area contributed by atoms with Gasteiger partial charge in [-0.2, -0.15) is 0 Å². The molecule has 1 atom stereocenters. The van der Waals surface area contributed by atoms with Gasteiger partial charge in [-0.15, -0.1) is 11.3 Å². The molecule has 1 aliphatic heterocycles. The molecule has 0 N–H and O–H groups in total. The summed E-state index contributed by atoms with van der Waals surface area (Å²) in [6.45, 7) is 4.26. The van der Waals surface area contributed by atoms with Crippen LogP contribution in [-0.2, 0) is 11.3 Å². The molecule has 5 fully saturated rings. The fourth-order valence-corrected chi connectivity index (χ4v) is 9.31. The molecule has 1 saturated heterocycles. The number of halogens is 1. The van der Waals surface area contributed by atoms with E-state index in [-0.39, 0.29) is 23.2 Å². The molecule has 3 aromatic rings. The maximum absolute atomic E-state index is 14.0. The third-order valence-corrected chi connectivity index (χ3v) is 10.6. The summed E-state index contributed by atoms with van der Waals surface area (Å²) in [6, 6.07) is 10.6. The van der Waals surface area contributed by atoms with Gasteiger partial charge in [-0.1, -0.05) is 12.1 Å². The van der Waals surface area contributed by atoms with Crippen LogP contribution in [0.15, 0.2) is 41.8 Å². The average Bonchev–Trinajstić information content (AvgIpc) is 3.45. The van der Waals surface area contributed by atoms with Gasteiger partial charge in [0.1, 0.15) is 16.3 Å². The number of thiophene rings is 1. The Hall–Kier alpha value is -2.67. The smallest absolute Gasteiger partial charge is 0.270 e. The van der Waals surface area contributed by atoms with E-state index in [9.17, 15) is 14.0 Å². The molecular weight excluding hydrogens is 485 g/mol. The number of nitrogens with zero attached hydrogens (tertiary/aromatic N) is 3. The van der Waals surface area contributed by atoms with E-state index in [4.69, 9.17) is 0 Å². The normalized spacial score (nSPS) is 30.9. The third-order valence-electron chi connectivity index (χ3n) is 9.62. The van der Waals surface area contributed by atoms with Crippen LogP contribution in [0, 0.1) is 29.0 Å². The summed E-state index contributed by atoms with van der Waals surface area (Å²) in [4.78, 5) is 32.8. The van der Waals surface area contributed by atoms with Gasteiger partial charge in [-0.05, 0) is 98.4 Å². The Kier molecular flexibility index (Phi) is 5.50. The first-order chi connectivity index (χ1) is 17.9. The number of carbonyl (C=O) groups excluding carboxylic acids is 2. The van der Waals surface area contributed by atoms with E-state index in [0.29, 0.717) is 37.8 Å². The monoisotopic (exact) mass is 519 g/mol. The highest BCUT2D eigenvalue weighted by molar-refractivity contribution is 7.16. The largest absolute Gasteiger partial charge is 0.336 e. The summed E-state index contributed by atoms with van der Waals surface area (Å²) < 4.78 is 15.9. The zero-order valence-corrected chi connectivity index (χ0v) is 22.2. The molecule has 2 aromatic heterocycles. The van der Waals surface area contributed by atoms with Crippen molar-refractivity contribution >= 4 is 33.4 Å². The van der Waals surface area contributed by atoms with Crippen LogP contribution in [0.2, 0.25) is 0 Å². The Bertz CT molecular complexity index is 1340. The molecule has 4 aliphatic carbocycles. The summed E-state index contributed by atoms with van der Waals surface area (Å²) >= 11 is 1.60. The topological polar surface area (TPSA) is 45.6 Å². The highest BCUT2D eigenvalue weighted by atomic mass is 32.1. The van der Waals surface area contributed by atoms with Crippen LogP contribution in [0.1, 0.15) is 61.5 Å². The van der Waals surface area contributed by atoms with Crippen LogP contribution in [0.25, 0.3) is 10.2 Å². The van der Waals surface area contributed by atoms with Gasteiger partial charge < -0.3 is 14.4 Å². The van der Waals surface area contributed by atoms with Crippen molar-refractivity contribution < 1.29 is 14.0 Å². The molecule has 3 heterocycles. The molecule has 37 heavy (non-hydrogen) atoms. The zero-order valence-electron chi connectivity index (χ0n) is 21.4. The van der Waals surface area contributed by atoms with E-state index in [2.05, 4.69) is 11.8 Å². The second-order valence-corrected chi connectivity index (χ2v) is 13.1. The van der Waals surface area contributed by atoms with Gasteiger partial charge in [0.2, 0.25) is 5.91 Å². The third kappa shape index (κ3) is 3.92. The molecule has 5 nitrogen and oxygen atoms in total. The average molecular weight is 520 g/mol. The predicted octanol–water partition coefficient (Wildman–Crippen LogP) is 5.78. The minimum atomic E-state index is -0.270. The van der Waals surface area contributed by atoms with Crippen molar-refractivity contribution in [2.24, 2.45) is 23.2 Å². The Morgan fingerprint density at radius 2 is 1.76 bits per heavy atom. The number of benzene rings is 1. The number of fused-ring (bicyclic) bond motifs is 1. The first kappa shape index (κ1) is 23.4. The predicted molar refractivity (Wildman–Crippen MR) is 143 cm³/mol. The van der Waals surface area contributed by atoms with Gasteiger partial charge in [-0.25, -0.2) is 4.39 Å². The van der Waals surface area contributed by atoms with Crippen molar-refractivity contribution in [3.63, 3.8) is 0 Å². The lowest BCUT2D eigenvalue weighted by Crippen LogP contribution is -2.61. The van der Waals surface area contributed by atoms with Gasteiger partial charge in [0, 0.05) is 37.6 Å². The Morgan fingerprint density at radius 3 is 2.43 bits per heavy atom. The van der Waals surface area contributed by atoms with Crippen LogP contribution >= 0.6 is 11.3 Å². The van der Waals surface area contributed by atoms with E-state index < -0.39 is 0 Å². The van der Waals surface area contributed by atoms with Crippen molar-refractivity contribution in [1.29, 1.82) is 0 Å². The van der Waals surface area contributed by atoms with E-state index in [0.717, 1.165) is 52.8 Å². The molecule has 2 amide bonds. The molecule has 8 rings (SSSR count). The summed E-state index contributed by atoms with van der Waals surface area (Å²) in [5.41, 5.74) is 1.33. The lowest BCUT2D eigenvalue weighted by Gasteiger charge is -2.57. The molecule has 7 heteroatoms. The molecule has 0 unspecified atom stereocenters. The summed E-state index contributed by atoms with van der Waals surface area (Å²) in [5.74, 6) is 2.32. The number of aromatic nitrogens is 1. The number of hydrogen-bond donors (Lipinski definition) is 0. The fourth-order valence-electron chi connectivity index (χ4n) is 8.41. The maximum atomic E-state index is 14.0. The number of hydrogen-bond acceptors (Lipinski definition) is 3. The van der Waals surface area contributed by atoms with Gasteiger partial charge in [0.15, 0.2) is 0 Å². The Balaban J connectivity index is 1.10. The molecule has 1 aromatic carbocycles. The summed E-state index contributed by atoms with van der Waals surface area (Å²) in [7, 11) is 0. The van der Waals surface area contributed by atoms with E-state index in [1.165, 1.54) is 31.4 Å². The molecule has 194 valence electrons. The number of carbonyl (C=O) groups is 2. The summed E-state index contributed by atoms with van der Waals surface area (Å²) in [5, 5.41) is 3.06. The summed E-state index contributed by atoms with van der Waals surface area (Å²) in [6.07, 6.45) is 7.22. The van der Waals surface area contributed by atoms with Crippen LogP contribution in [0.4, 0.5) is 4.39 Å². The van der Waals surface area contributed by atoms with Crippen LogP contribution in [-0.4, -0.2) is 51.9 Å². The first-order valence-corrected chi connectivity index (χ1v) is 14.7. The Labute approximate surface area is 221 Å². The second-order valence-electron chi connectivity index (χ2n) is 12.2. The fraction of sp³-hybridized carbons (Fsp3) is 0.533. The highest BCUT2D eigenvalue weighted by Gasteiger charge is 2.56. The lowest BCUT2D eigenvalue weighted by atomic mass is 9.49. The lowest BCUT2D eigenvalue weighted by molar-refractivity contribution is -0.161. The van der Waals surface area contributed by atoms with E-state index in [1.54, 1.807) is 17.4 Å². The van der Waals surface area contributed by atoms with Crippen molar-refractivity contribution in [2.45, 2.75) is 58.0 Å². The van der Waals surface area contributed by atoms with Crippen molar-refractivity contribution in [3.05, 3.63) is 58.9 Å². The SMILES string of the molecule is C[C@H]1CN(C(=O)c2cc3ccsc3n2Cc2cccc(F)c2)CCN1C(=O)C12CC3CC(CC(C3)C1)C2. The standard InChI is InChI=1S/C30H34FN3O2S/c1-19-17-32(6-7-33(19)29(36)30-14-21-9-22(15-30)11-23(10-21)16-30)27(35)26-13-24-5-8-37-28(24)34(26)18-20-3-2-4-25(31)12-20/h2-5,8,12-13,19,21-23H,6-7,9-11,14-18H2,1H3/t19-,21?,22?,23?,30?/m0/s1. The number of rotatable bonds is 4. The van der Waals surface area contributed by atoms with Crippen LogP contribution in [0.5, 0.6) is 0 Å². The molecular formula is C30H34FN3O2S. The van der Waals surface area contributed by atoms with Crippen LogP contribution in [0.3, 0.4) is 0 Å². The minimum Gasteiger partial charge on any atom is -0.336 e. The first-order valence-electron chi connectivity index (χ1n) is 13.8. The molecule has 5 aliphatic rings. The zero-order chi connectivity index (χ0) is 25.3. The maximum Gasteiger partial charge on any atom is 0.270 e. The van der Waals surface area contributed by atoms with Gasteiger partial charge in [-0.3, -0.25) is 9.59 Å². The van der Waals surface area contributed by atoms with Crippen molar-refractivity contribution in [2.75, 3.05) is 19.6 Å². The number of amides is 2. The van der Waals surface area contributed by atoms with Crippen molar-refractivity contribution in [3.8, 4) is 0 Å². The Morgan fingerprint density at radius 1 is 1.03 bits per heavy atom. The quantitative estimate of drug-likeness (QED) is 0.439. The highest BCUT2D eigenvalue weighted by Crippen LogP contribution is 2.60. The molecule has 4 saturated carbocycles. The van der Waals surface area contributed by atoms with Crippen LogP contribution < -0.4 is 0 Å². The molecule has 4 bridgehead atoms. The number of piperazine rings is 1. The molecule has 0 radical (unpaired) electrons. The minimum absolute atomic E-state index is 0.00551. The second kappa shape index (κ2) is 8.69. The molecule has 0 spiro atoms.